The fourth-order valence-corrected chi connectivity index (χ4v) is 6.47. The van der Waals surface area contributed by atoms with Gasteiger partial charge in [0.25, 0.3) is 0 Å². The number of hydrogen-bond donors (Lipinski definition) is 4. The van der Waals surface area contributed by atoms with E-state index in [1.54, 1.807) is 19.2 Å². The van der Waals surface area contributed by atoms with Crippen LogP contribution in [0, 0.1) is 10.7 Å². The lowest BCUT2D eigenvalue weighted by atomic mass is 9.80. The van der Waals surface area contributed by atoms with Crippen molar-refractivity contribution in [3.05, 3.63) is 45.8 Å². The number of carbonyl (C=O) groups is 1. The van der Waals surface area contributed by atoms with Crippen LogP contribution < -0.4 is 10.0 Å². The van der Waals surface area contributed by atoms with Gasteiger partial charge in [-0.2, -0.15) is 0 Å². The van der Waals surface area contributed by atoms with Gasteiger partial charge in [-0.15, -0.1) is 11.3 Å². The first-order chi connectivity index (χ1) is 14.1. The van der Waals surface area contributed by atoms with Gasteiger partial charge in [0.2, 0.25) is 0 Å². The third-order valence-electron chi connectivity index (χ3n) is 6.14. The highest BCUT2D eigenvalue weighted by atomic mass is 32.2. The van der Waals surface area contributed by atoms with Crippen molar-refractivity contribution in [1.29, 1.82) is 4.78 Å². The Morgan fingerprint density at radius 1 is 1.30 bits per heavy atom. The Hall–Kier alpha value is -1.90. The van der Waals surface area contributed by atoms with Gasteiger partial charge in [-0.05, 0) is 79.1 Å². The molecule has 0 saturated heterocycles. The molecule has 1 heterocycles. The highest BCUT2D eigenvalue weighted by Crippen LogP contribution is 2.37. The van der Waals surface area contributed by atoms with Crippen molar-refractivity contribution in [3.8, 4) is 0 Å². The van der Waals surface area contributed by atoms with Crippen molar-refractivity contribution in [2.45, 2.75) is 68.6 Å². The number of benzene rings is 1. The van der Waals surface area contributed by atoms with Crippen LogP contribution in [0.3, 0.4) is 0 Å². The van der Waals surface area contributed by atoms with Crippen LogP contribution in [0.5, 0.6) is 0 Å². The second kappa shape index (κ2) is 7.98. The minimum Gasteiger partial charge on any atom is -0.386 e. The first-order valence-corrected chi connectivity index (χ1v) is 12.9. The predicted octanol–water partition coefficient (Wildman–Crippen LogP) is 4.95. The topological polar surface area (TPSA) is 102 Å². The number of rotatable bonds is 6. The van der Waals surface area contributed by atoms with E-state index in [0.29, 0.717) is 11.5 Å². The number of aliphatic hydroxyl groups is 1. The van der Waals surface area contributed by atoms with Crippen LogP contribution >= 0.6 is 11.3 Å². The van der Waals surface area contributed by atoms with Crippen molar-refractivity contribution in [1.82, 2.24) is 4.72 Å². The van der Waals surface area contributed by atoms with Gasteiger partial charge in [0.05, 0.1) is 5.60 Å². The molecule has 0 spiro atoms. The molecule has 0 radical (unpaired) electrons. The molecule has 1 aromatic carbocycles. The van der Waals surface area contributed by atoms with E-state index in [4.69, 9.17) is 4.78 Å². The van der Waals surface area contributed by atoms with Crippen LogP contribution in [0.15, 0.2) is 27.8 Å². The normalized spacial score (nSPS) is 18.4. The van der Waals surface area contributed by atoms with E-state index in [9.17, 15) is 14.1 Å². The summed E-state index contributed by atoms with van der Waals surface area (Å²) in [5.74, 6) is 0.667. The average Bonchev–Trinajstić information content (AvgIpc) is 3.28. The minimum absolute atomic E-state index is 0.225. The average molecular weight is 448 g/mol. The number of hydrogen-bond acceptors (Lipinski definition) is 5. The Kier molecular flexibility index (Phi) is 5.67. The Balaban J connectivity index is 1.53. The van der Waals surface area contributed by atoms with Gasteiger partial charge in [-0.25, -0.2) is 18.5 Å². The van der Waals surface area contributed by atoms with E-state index < -0.39 is 21.5 Å². The molecule has 0 unspecified atom stereocenters. The summed E-state index contributed by atoms with van der Waals surface area (Å²) >= 11 is 1.11. The first-order valence-electron chi connectivity index (χ1n) is 10.5. The summed E-state index contributed by atoms with van der Waals surface area (Å²) in [6.45, 7) is 3.26. The van der Waals surface area contributed by atoms with E-state index in [1.165, 1.54) is 36.5 Å². The number of aryl methyl sites for hydroxylation is 1. The van der Waals surface area contributed by atoms with E-state index >= 15 is 0 Å². The molecule has 30 heavy (non-hydrogen) atoms. The number of carbonyl (C=O) groups excluding carboxylic acids is 1. The minimum atomic E-state index is -3.52. The maximum Gasteiger partial charge on any atom is 0.331 e. The molecule has 8 heteroatoms. The van der Waals surface area contributed by atoms with Gasteiger partial charge in [0, 0.05) is 5.69 Å². The van der Waals surface area contributed by atoms with Gasteiger partial charge in [0.15, 0.2) is 9.92 Å². The summed E-state index contributed by atoms with van der Waals surface area (Å²) in [5.41, 5.74) is 3.91. The third kappa shape index (κ3) is 4.40. The highest BCUT2D eigenvalue weighted by Gasteiger charge is 2.26. The number of fused-ring (bicyclic) bond motifs is 1. The molecule has 2 aromatic rings. The standard InChI is InChI=1S/C22H29N3O3S2/c1-22(2,27)17-12-19(29-13-17)30(23,28)25-21(26)24-20-16(11-14-5-3-6-14)10-9-15-7-4-8-18(15)20/h9-10,12-14,27H,3-8,11H2,1-2H3,(H3,23,24,25,26,28)/t30-/m1/s1. The lowest BCUT2D eigenvalue weighted by Gasteiger charge is -2.27. The van der Waals surface area contributed by atoms with Crippen LogP contribution in [0.4, 0.5) is 10.5 Å². The van der Waals surface area contributed by atoms with Gasteiger partial charge in [-0.1, -0.05) is 31.4 Å². The van der Waals surface area contributed by atoms with Gasteiger partial charge in [0.1, 0.15) is 4.21 Å². The van der Waals surface area contributed by atoms with Gasteiger partial charge < -0.3 is 10.4 Å². The quantitative estimate of drug-likeness (QED) is 0.504. The van der Waals surface area contributed by atoms with Crippen LogP contribution in [0.1, 0.15) is 61.8 Å². The summed E-state index contributed by atoms with van der Waals surface area (Å²) in [7, 11) is -3.52. The van der Waals surface area contributed by atoms with E-state index in [0.717, 1.165) is 48.3 Å². The molecule has 4 rings (SSSR count). The number of urea groups is 1. The van der Waals surface area contributed by atoms with Crippen LogP contribution in [0.2, 0.25) is 0 Å². The van der Waals surface area contributed by atoms with Gasteiger partial charge >= 0.3 is 6.03 Å². The predicted molar refractivity (Wildman–Crippen MR) is 120 cm³/mol. The zero-order valence-corrected chi connectivity index (χ0v) is 19.0. The summed E-state index contributed by atoms with van der Waals surface area (Å²) in [6.07, 6.45) is 7.68. The van der Waals surface area contributed by atoms with Crippen molar-refractivity contribution >= 4 is 33.0 Å². The molecular formula is C22H29N3O3S2. The summed E-state index contributed by atoms with van der Waals surface area (Å²) in [5, 5.41) is 14.7. The third-order valence-corrected chi connectivity index (χ3v) is 9.01. The maximum absolute atomic E-state index is 12.9. The van der Waals surface area contributed by atoms with E-state index in [1.807, 2.05) is 0 Å². The number of thiophene rings is 1. The molecule has 1 fully saturated rings. The highest BCUT2D eigenvalue weighted by molar-refractivity contribution is 7.93. The summed E-state index contributed by atoms with van der Waals surface area (Å²) < 4.78 is 23.7. The molecule has 162 valence electrons. The van der Waals surface area contributed by atoms with Crippen LogP contribution in [-0.4, -0.2) is 15.3 Å². The Bertz CT molecular complexity index is 1060. The van der Waals surface area contributed by atoms with Crippen molar-refractivity contribution < 1.29 is 14.1 Å². The molecular weight excluding hydrogens is 418 g/mol. The second-order valence-corrected chi connectivity index (χ2v) is 11.8. The van der Waals surface area contributed by atoms with Crippen molar-refractivity contribution in [3.63, 3.8) is 0 Å². The number of amides is 2. The van der Waals surface area contributed by atoms with Crippen molar-refractivity contribution in [2.24, 2.45) is 5.92 Å². The number of nitrogens with one attached hydrogen (secondary N) is 3. The van der Waals surface area contributed by atoms with Crippen LogP contribution in [-0.2, 0) is 34.8 Å². The van der Waals surface area contributed by atoms with Crippen molar-refractivity contribution in [2.75, 3.05) is 5.32 Å². The van der Waals surface area contributed by atoms with E-state index in [-0.39, 0.29) is 4.21 Å². The second-order valence-electron chi connectivity index (χ2n) is 8.92. The molecule has 1 atom stereocenters. The molecule has 1 aromatic heterocycles. The zero-order valence-electron chi connectivity index (χ0n) is 17.4. The molecule has 4 N–H and O–H groups in total. The molecule has 2 amide bonds. The Labute approximate surface area is 182 Å². The molecule has 0 bridgehead atoms. The number of anilines is 1. The molecule has 0 aliphatic heterocycles. The summed E-state index contributed by atoms with van der Waals surface area (Å²) in [6, 6.07) is 5.20. The zero-order chi connectivity index (χ0) is 21.5. The van der Waals surface area contributed by atoms with Gasteiger partial charge in [-0.3, -0.25) is 0 Å². The molecule has 2 aliphatic carbocycles. The maximum atomic E-state index is 12.9. The molecule has 6 nitrogen and oxygen atoms in total. The molecule has 2 aliphatic rings. The smallest absolute Gasteiger partial charge is 0.331 e. The Morgan fingerprint density at radius 3 is 2.70 bits per heavy atom. The van der Waals surface area contributed by atoms with E-state index in [2.05, 4.69) is 22.2 Å². The fourth-order valence-electron chi connectivity index (χ4n) is 4.16. The fraction of sp³-hybridized carbons (Fsp3) is 0.500. The SMILES string of the molecule is CC(C)(O)c1csc([S@](=N)(=O)NC(=O)Nc2c(CC3CCC3)ccc3c2CCC3)c1. The lowest BCUT2D eigenvalue weighted by molar-refractivity contribution is 0.0789. The monoisotopic (exact) mass is 447 g/mol. The molecule has 1 saturated carbocycles. The largest absolute Gasteiger partial charge is 0.386 e. The summed E-state index contributed by atoms with van der Waals surface area (Å²) in [4.78, 5) is 12.8. The van der Waals surface area contributed by atoms with Crippen LogP contribution in [0.25, 0.3) is 0 Å². The first kappa shape index (κ1) is 21.3. The lowest BCUT2D eigenvalue weighted by Crippen LogP contribution is -2.34. The Morgan fingerprint density at radius 2 is 2.07 bits per heavy atom.